The summed E-state index contributed by atoms with van der Waals surface area (Å²) in [4.78, 5) is 11.8. The third kappa shape index (κ3) is 5.30. The van der Waals surface area contributed by atoms with Gasteiger partial charge in [0.05, 0.1) is 6.42 Å². The first-order valence-corrected chi connectivity index (χ1v) is 6.50. The lowest BCUT2D eigenvalue weighted by atomic mass is 9.89. The van der Waals surface area contributed by atoms with E-state index in [9.17, 15) is 9.90 Å². The van der Waals surface area contributed by atoms with Gasteiger partial charge in [0.1, 0.15) is 5.75 Å². The first-order valence-electron chi connectivity index (χ1n) is 6.50. The molecule has 1 rings (SSSR count). The maximum Gasteiger partial charge on any atom is 0.224 e. The Kier molecular flexibility index (Phi) is 5.36. The summed E-state index contributed by atoms with van der Waals surface area (Å²) in [5.74, 6) is 0.139. The van der Waals surface area contributed by atoms with Gasteiger partial charge in [0.2, 0.25) is 5.91 Å². The lowest BCUT2D eigenvalue weighted by Crippen LogP contribution is -2.35. The van der Waals surface area contributed by atoms with Crippen molar-refractivity contribution < 1.29 is 15.0 Å². The lowest BCUT2D eigenvalue weighted by Gasteiger charge is -2.23. The van der Waals surface area contributed by atoms with Gasteiger partial charge in [0.25, 0.3) is 0 Å². The number of carbonyl (C=O) groups excluding carboxylic acids is 1. The summed E-state index contributed by atoms with van der Waals surface area (Å²) >= 11 is 0. The minimum atomic E-state index is -0.111. The van der Waals surface area contributed by atoms with Crippen molar-refractivity contribution >= 4 is 5.91 Å². The predicted molar refractivity (Wildman–Crippen MR) is 75.0 cm³/mol. The summed E-state index contributed by atoms with van der Waals surface area (Å²) in [6.07, 6.45) is 0.904. The predicted octanol–water partition coefficient (Wildman–Crippen LogP) is 1.77. The van der Waals surface area contributed by atoms with Crippen molar-refractivity contribution in [3.8, 4) is 5.75 Å². The van der Waals surface area contributed by atoms with Gasteiger partial charge in [-0.1, -0.05) is 26.0 Å². The number of benzene rings is 1. The molecule has 106 valence electrons. The summed E-state index contributed by atoms with van der Waals surface area (Å²) in [6.45, 7) is 6.47. The lowest BCUT2D eigenvalue weighted by molar-refractivity contribution is -0.120. The van der Waals surface area contributed by atoms with Crippen molar-refractivity contribution in [3.63, 3.8) is 0 Å². The van der Waals surface area contributed by atoms with Gasteiger partial charge in [0, 0.05) is 13.2 Å². The first-order chi connectivity index (χ1) is 8.84. The molecule has 0 radical (unpaired) electrons. The molecular weight excluding hydrogens is 242 g/mol. The number of aromatic hydroxyl groups is 1. The van der Waals surface area contributed by atoms with E-state index >= 15 is 0 Å². The Morgan fingerprint density at radius 3 is 2.63 bits per heavy atom. The number of aryl methyl sites for hydroxylation is 1. The molecule has 0 saturated heterocycles. The number of hydrogen-bond donors (Lipinski definition) is 3. The fraction of sp³-hybridized carbons (Fsp3) is 0.533. The number of aliphatic hydroxyl groups is 1. The maximum atomic E-state index is 11.8. The van der Waals surface area contributed by atoms with Crippen molar-refractivity contribution in [2.24, 2.45) is 5.41 Å². The molecular formula is C15H23NO3. The van der Waals surface area contributed by atoms with Gasteiger partial charge in [-0.15, -0.1) is 0 Å². The summed E-state index contributed by atoms with van der Waals surface area (Å²) < 4.78 is 0. The van der Waals surface area contributed by atoms with E-state index in [0.29, 0.717) is 13.0 Å². The van der Waals surface area contributed by atoms with E-state index < -0.39 is 0 Å². The van der Waals surface area contributed by atoms with E-state index in [1.807, 2.05) is 26.8 Å². The second-order valence-electron chi connectivity index (χ2n) is 5.71. The molecule has 3 N–H and O–H groups in total. The summed E-state index contributed by atoms with van der Waals surface area (Å²) in [5.41, 5.74) is 1.48. The van der Waals surface area contributed by atoms with Crippen LogP contribution < -0.4 is 5.32 Å². The molecule has 1 aromatic rings. The molecule has 0 aliphatic heterocycles. The molecule has 1 aromatic carbocycles. The van der Waals surface area contributed by atoms with Gasteiger partial charge < -0.3 is 15.5 Å². The molecule has 0 fully saturated rings. The van der Waals surface area contributed by atoms with E-state index in [-0.39, 0.29) is 30.1 Å². The minimum Gasteiger partial charge on any atom is -0.508 e. The number of hydrogen-bond acceptors (Lipinski definition) is 3. The molecule has 4 heteroatoms. The molecule has 0 spiro atoms. The Labute approximate surface area is 114 Å². The van der Waals surface area contributed by atoms with Crippen LogP contribution in [0.2, 0.25) is 0 Å². The molecule has 0 heterocycles. The molecule has 0 aliphatic rings. The van der Waals surface area contributed by atoms with Crippen molar-refractivity contribution in [1.29, 1.82) is 0 Å². The molecule has 1 amide bonds. The zero-order chi connectivity index (χ0) is 14.5. The van der Waals surface area contributed by atoms with Crippen LogP contribution in [0.15, 0.2) is 18.2 Å². The van der Waals surface area contributed by atoms with Crippen LogP contribution in [0.1, 0.15) is 31.4 Å². The summed E-state index contributed by atoms with van der Waals surface area (Å²) in [7, 11) is 0. The largest absolute Gasteiger partial charge is 0.508 e. The highest BCUT2D eigenvalue weighted by Gasteiger charge is 2.18. The molecule has 0 aromatic heterocycles. The average Bonchev–Trinajstić information content (AvgIpc) is 2.32. The monoisotopic (exact) mass is 265 g/mol. The number of rotatable bonds is 6. The van der Waals surface area contributed by atoms with Crippen LogP contribution in [-0.4, -0.2) is 29.3 Å². The van der Waals surface area contributed by atoms with Gasteiger partial charge in [0.15, 0.2) is 0 Å². The Morgan fingerprint density at radius 1 is 1.37 bits per heavy atom. The van der Waals surface area contributed by atoms with Crippen molar-refractivity contribution in [1.82, 2.24) is 5.32 Å². The average molecular weight is 265 g/mol. The SMILES string of the molecule is Cc1ccc(CC(=O)NCC(C)(C)CCO)cc1O. The molecule has 0 saturated carbocycles. The number of nitrogens with one attached hydrogen (secondary N) is 1. The Morgan fingerprint density at radius 2 is 2.05 bits per heavy atom. The number of carbonyl (C=O) groups is 1. The third-order valence-electron chi connectivity index (χ3n) is 3.19. The van der Waals surface area contributed by atoms with E-state index in [4.69, 9.17) is 5.11 Å². The maximum absolute atomic E-state index is 11.8. The van der Waals surface area contributed by atoms with Crippen LogP contribution in [0.4, 0.5) is 0 Å². The van der Waals surface area contributed by atoms with E-state index in [2.05, 4.69) is 5.32 Å². The Bertz CT molecular complexity index is 441. The van der Waals surface area contributed by atoms with E-state index in [1.165, 1.54) is 0 Å². The fourth-order valence-electron chi connectivity index (χ4n) is 1.74. The highest BCUT2D eigenvalue weighted by molar-refractivity contribution is 5.78. The summed E-state index contributed by atoms with van der Waals surface area (Å²) in [5, 5.41) is 21.4. The minimum absolute atomic E-state index is 0.0748. The molecule has 0 bridgehead atoms. The van der Waals surface area contributed by atoms with Crippen LogP contribution in [-0.2, 0) is 11.2 Å². The zero-order valence-corrected chi connectivity index (χ0v) is 11.9. The van der Waals surface area contributed by atoms with Gasteiger partial charge in [-0.25, -0.2) is 0 Å². The second-order valence-corrected chi connectivity index (χ2v) is 5.71. The quantitative estimate of drug-likeness (QED) is 0.734. The van der Waals surface area contributed by atoms with Crippen LogP contribution in [0.25, 0.3) is 0 Å². The Balaban J connectivity index is 2.49. The normalized spacial score (nSPS) is 11.4. The van der Waals surface area contributed by atoms with Crippen LogP contribution >= 0.6 is 0 Å². The molecule has 0 aliphatic carbocycles. The molecule has 19 heavy (non-hydrogen) atoms. The van der Waals surface area contributed by atoms with Crippen LogP contribution in [0.3, 0.4) is 0 Å². The molecule has 4 nitrogen and oxygen atoms in total. The smallest absolute Gasteiger partial charge is 0.224 e. The first kappa shape index (κ1) is 15.5. The van der Waals surface area contributed by atoms with Crippen LogP contribution in [0, 0.1) is 12.3 Å². The molecule has 0 atom stereocenters. The number of amides is 1. The standard InChI is InChI=1S/C15H23NO3/c1-11-4-5-12(8-13(11)18)9-14(19)16-10-15(2,3)6-7-17/h4-5,8,17-18H,6-7,9-10H2,1-3H3,(H,16,19). The van der Waals surface area contributed by atoms with Gasteiger partial charge in [-0.05, 0) is 36.0 Å². The fourth-order valence-corrected chi connectivity index (χ4v) is 1.74. The van der Waals surface area contributed by atoms with Gasteiger partial charge in [-0.3, -0.25) is 4.79 Å². The third-order valence-corrected chi connectivity index (χ3v) is 3.19. The second kappa shape index (κ2) is 6.57. The number of phenolic OH excluding ortho intramolecular Hbond substituents is 1. The van der Waals surface area contributed by atoms with Gasteiger partial charge in [-0.2, -0.15) is 0 Å². The summed E-state index contributed by atoms with van der Waals surface area (Å²) in [6, 6.07) is 5.26. The zero-order valence-electron chi connectivity index (χ0n) is 11.9. The van der Waals surface area contributed by atoms with Crippen molar-refractivity contribution in [2.45, 2.75) is 33.6 Å². The van der Waals surface area contributed by atoms with Crippen molar-refractivity contribution in [2.75, 3.05) is 13.2 Å². The Hall–Kier alpha value is -1.55. The van der Waals surface area contributed by atoms with Gasteiger partial charge >= 0.3 is 0 Å². The van der Waals surface area contributed by atoms with Crippen molar-refractivity contribution in [3.05, 3.63) is 29.3 Å². The highest BCUT2D eigenvalue weighted by Crippen LogP contribution is 2.19. The molecule has 0 unspecified atom stereocenters. The van der Waals surface area contributed by atoms with E-state index in [0.717, 1.165) is 11.1 Å². The number of phenols is 1. The number of aliphatic hydroxyl groups excluding tert-OH is 1. The van der Waals surface area contributed by atoms with E-state index in [1.54, 1.807) is 12.1 Å². The topological polar surface area (TPSA) is 69.6 Å². The highest BCUT2D eigenvalue weighted by atomic mass is 16.3. The van der Waals surface area contributed by atoms with Crippen LogP contribution in [0.5, 0.6) is 5.75 Å².